The molecule has 1 aromatic rings. The van der Waals surface area contributed by atoms with E-state index < -0.39 is 10.0 Å². The van der Waals surface area contributed by atoms with Gasteiger partial charge in [-0.15, -0.1) is 0 Å². The van der Waals surface area contributed by atoms with Crippen molar-refractivity contribution in [2.75, 3.05) is 6.54 Å². The number of sulfonamides is 1. The Labute approximate surface area is 168 Å². The molecule has 0 radical (unpaired) electrons. The van der Waals surface area contributed by atoms with Crippen molar-refractivity contribution in [1.29, 1.82) is 0 Å². The third-order valence-electron chi connectivity index (χ3n) is 5.15. The van der Waals surface area contributed by atoms with Crippen LogP contribution in [0.2, 0.25) is 0 Å². The summed E-state index contributed by atoms with van der Waals surface area (Å²) in [5.41, 5.74) is 1.07. The minimum Gasteiger partial charge on any atom is -0.211 e. The van der Waals surface area contributed by atoms with Crippen molar-refractivity contribution < 1.29 is 8.42 Å². The zero-order valence-electron chi connectivity index (χ0n) is 17.6. The van der Waals surface area contributed by atoms with Crippen LogP contribution in [0.5, 0.6) is 0 Å². The Balaban J connectivity index is 1.91. The van der Waals surface area contributed by atoms with Crippen LogP contribution in [-0.2, 0) is 10.0 Å². The summed E-state index contributed by atoms with van der Waals surface area (Å²) in [5.74, 6) is 0. The first-order valence-electron chi connectivity index (χ1n) is 11.1. The number of benzene rings is 1. The third kappa shape index (κ3) is 12.2. The van der Waals surface area contributed by atoms with Crippen LogP contribution in [0.4, 0.5) is 0 Å². The van der Waals surface area contributed by atoms with E-state index in [1.165, 1.54) is 77.0 Å². The summed E-state index contributed by atoms with van der Waals surface area (Å²) < 4.78 is 27.0. The number of hydrogen-bond donors (Lipinski definition) is 1. The highest BCUT2D eigenvalue weighted by atomic mass is 32.2. The van der Waals surface area contributed by atoms with E-state index in [2.05, 4.69) is 11.6 Å². The van der Waals surface area contributed by atoms with Gasteiger partial charge in [-0.3, -0.25) is 0 Å². The fourth-order valence-electron chi connectivity index (χ4n) is 3.33. The Hall–Kier alpha value is -0.870. The maximum absolute atomic E-state index is 12.2. The van der Waals surface area contributed by atoms with E-state index in [1.54, 1.807) is 12.1 Å². The van der Waals surface area contributed by atoms with Gasteiger partial charge in [0.25, 0.3) is 0 Å². The van der Waals surface area contributed by atoms with E-state index in [9.17, 15) is 8.42 Å². The Morgan fingerprint density at radius 2 is 1.07 bits per heavy atom. The summed E-state index contributed by atoms with van der Waals surface area (Å²) in [5, 5.41) is 0. The van der Waals surface area contributed by atoms with Gasteiger partial charge >= 0.3 is 0 Å². The molecule has 27 heavy (non-hydrogen) atoms. The normalized spacial score (nSPS) is 11.8. The molecule has 4 heteroatoms. The van der Waals surface area contributed by atoms with Gasteiger partial charge in [0.1, 0.15) is 0 Å². The largest absolute Gasteiger partial charge is 0.240 e. The predicted octanol–water partition coefficient (Wildman–Crippen LogP) is 6.75. The molecule has 0 bridgehead atoms. The first-order valence-corrected chi connectivity index (χ1v) is 12.6. The topological polar surface area (TPSA) is 46.2 Å². The van der Waals surface area contributed by atoms with E-state index in [0.29, 0.717) is 11.4 Å². The van der Waals surface area contributed by atoms with Gasteiger partial charge in [-0.25, -0.2) is 13.1 Å². The standard InChI is InChI=1S/C23H41NO2S/c1-3-4-5-6-7-8-9-10-11-12-13-14-15-16-21-24-27(25,26)23-19-17-22(2)18-20-23/h17-20,24H,3-16,21H2,1-2H3. The van der Waals surface area contributed by atoms with Gasteiger partial charge in [0.15, 0.2) is 0 Å². The lowest BCUT2D eigenvalue weighted by atomic mass is 10.0. The van der Waals surface area contributed by atoms with Crippen LogP contribution in [0.15, 0.2) is 29.2 Å². The van der Waals surface area contributed by atoms with Crippen molar-refractivity contribution >= 4 is 10.0 Å². The molecule has 0 saturated heterocycles. The van der Waals surface area contributed by atoms with Crippen molar-refractivity contribution in [1.82, 2.24) is 4.72 Å². The van der Waals surface area contributed by atoms with Gasteiger partial charge < -0.3 is 0 Å². The van der Waals surface area contributed by atoms with Crippen molar-refractivity contribution in [3.05, 3.63) is 29.8 Å². The van der Waals surface area contributed by atoms with Gasteiger partial charge in [0.2, 0.25) is 10.0 Å². The molecular formula is C23H41NO2S. The summed E-state index contributed by atoms with van der Waals surface area (Å²) in [6, 6.07) is 7.01. The van der Waals surface area contributed by atoms with Gasteiger partial charge in [-0.2, -0.15) is 0 Å². The van der Waals surface area contributed by atoms with Crippen molar-refractivity contribution in [2.24, 2.45) is 0 Å². The monoisotopic (exact) mass is 395 g/mol. The van der Waals surface area contributed by atoms with Crippen molar-refractivity contribution in [3.8, 4) is 0 Å². The zero-order valence-corrected chi connectivity index (χ0v) is 18.5. The van der Waals surface area contributed by atoms with Crippen LogP contribution in [0, 0.1) is 6.92 Å². The minimum atomic E-state index is -3.34. The average molecular weight is 396 g/mol. The molecule has 0 aliphatic carbocycles. The highest BCUT2D eigenvalue weighted by molar-refractivity contribution is 7.89. The van der Waals surface area contributed by atoms with E-state index in [1.807, 2.05) is 19.1 Å². The molecule has 1 N–H and O–H groups in total. The number of unbranched alkanes of at least 4 members (excludes halogenated alkanes) is 13. The molecule has 0 saturated carbocycles. The molecule has 0 atom stereocenters. The van der Waals surface area contributed by atoms with Crippen LogP contribution in [0.3, 0.4) is 0 Å². The van der Waals surface area contributed by atoms with Gasteiger partial charge in [-0.05, 0) is 25.5 Å². The molecule has 0 unspecified atom stereocenters. The summed E-state index contributed by atoms with van der Waals surface area (Å²) in [6.45, 7) is 4.76. The summed E-state index contributed by atoms with van der Waals surface area (Å²) in [6.07, 6.45) is 18.4. The molecule has 0 aromatic heterocycles. The second-order valence-electron chi connectivity index (χ2n) is 7.81. The van der Waals surface area contributed by atoms with E-state index >= 15 is 0 Å². The lowest BCUT2D eigenvalue weighted by Gasteiger charge is -2.07. The first kappa shape index (κ1) is 24.2. The highest BCUT2D eigenvalue weighted by Crippen LogP contribution is 2.13. The number of rotatable bonds is 17. The molecular weight excluding hydrogens is 354 g/mol. The maximum Gasteiger partial charge on any atom is 0.240 e. The van der Waals surface area contributed by atoms with Gasteiger partial charge in [0.05, 0.1) is 4.90 Å². The Kier molecular flexibility index (Phi) is 13.5. The van der Waals surface area contributed by atoms with Crippen LogP contribution < -0.4 is 4.72 Å². The van der Waals surface area contributed by atoms with Crippen LogP contribution in [0.1, 0.15) is 102 Å². The smallest absolute Gasteiger partial charge is 0.211 e. The van der Waals surface area contributed by atoms with Crippen LogP contribution >= 0.6 is 0 Å². The quantitative estimate of drug-likeness (QED) is 0.296. The fraction of sp³-hybridized carbons (Fsp3) is 0.739. The maximum atomic E-state index is 12.2. The van der Waals surface area contributed by atoms with Crippen LogP contribution in [0.25, 0.3) is 0 Å². The Morgan fingerprint density at radius 1 is 0.667 bits per heavy atom. The van der Waals surface area contributed by atoms with E-state index in [0.717, 1.165) is 18.4 Å². The fourth-order valence-corrected chi connectivity index (χ4v) is 4.40. The summed E-state index contributed by atoms with van der Waals surface area (Å²) in [7, 11) is -3.34. The molecule has 0 aliphatic rings. The van der Waals surface area contributed by atoms with Crippen LogP contribution in [-0.4, -0.2) is 15.0 Å². The molecule has 1 rings (SSSR count). The summed E-state index contributed by atoms with van der Waals surface area (Å²) >= 11 is 0. The van der Waals surface area contributed by atoms with E-state index in [-0.39, 0.29) is 0 Å². The number of aryl methyl sites for hydroxylation is 1. The molecule has 0 spiro atoms. The molecule has 156 valence electrons. The third-order valence-corrected chi connectivity index (χ3v) is 6.63. The van der Waals surface area contributed by atoms with E-state index in [4.69, 9.17) is 0 Å². The SMILES string of the molecule is CCCCCCCCCCCCCCCCNS(=O)(=O)c1ccc(C)cc1. The van der Waals surface area contributed by atoms with Gasteiger partial charge in [0, 0.05) is 6.54 Å². The molecule has 0 fully saturated rings. The second-order valence-corrected chi connectivity index (χ2v) is 9.57. The summed E-state index contributed by atoms with van der Waals surface area (Å²) in [4.78, 5) is 0.360. The Morgan fingerprint density at radius 3 is 1.52 bits per heavy atom. The molecule has 0 aliphatic heterocycles. The molecule has 0 heterocycles. The number of hydrogen-bond acceptors (Lipinski definition) is 2. The molecule has 1 aromatic carbocycles. The molecule has 3 nitrogen and oxygen atoms in total. The lowest BCUT2D eigenvalue weighted by molar-refractivity contribution is 0.533. The Bertz CT molecular complexity index is 567. The minimum absolute atomic E-state index is 0.360. The first-order chi connectivity index (χ1) is 13.1. The van der Waals surface area contributed by atoms with Crippen molar-refractivity contribution in [3.63, 3.8) is 0 Å². The molecule has 0 amide bonds. The van der Waals surface area contributed by atoms with Gasteiger partial charge in [-0.1, -0.05) is 108 Å². The highest BCUT2D eigenvalue weighted by Gasteiger charge is 2.12. The zero-order chi connectivity index (χ0) is 19.8. The predicted molar refractivity (Wildman–Crippen MR) is 117 cm³/mol. The average Bonchev–Trinajstić information content (AvgIpc) is 2.65. The lowest BCUT2D eigenvalue weighted by Crippen LogP contribution is -2.24. The second kappa shape index (κ2) is 15.1. The number of nitrogens with one attached hydrogen (secondary N) is 1. The van der Waals surface area contributed by atoms with Crippen molar-refractivity contribution in [2.45, 2.75) is 109 Å².